The van der Waals surface area contributed by atoms with Crippen molar-refractivity contribution in [2.75, 3.05) is 27.3 Å². The number of ether oxygens (including phenoxy) is 2. The summed E-state index contributed by atoms with van der Waals surface area (Å²) in [7, 11) is 3.26. The first-order chi connectivity index (χ1) is 16.8. The number of thiazole rings is 1. The number of aromatic nitrogens is 1. The van der Waals surface area contributed by atoms with Crippen LogP contribution in [0.1, 0.15) is 44.9 Å². The van der Waals surface area contributed by atoms with E-state index in [-0.39, 0.29) is 5.91 Å². The Morgan fingerprint density at radius 3 is 2.66 bits per heavy atom. The third-order valence-electron chi connectivity index (χ3n) is 6.54. The molecule has 2 N–H and O–H groups in total. The molecule has 7 nitrogen and oxygen atoms in total. The van der Waals surface area contributed by atoms with Crippen LogP contribution in [0.4, 0.5) is 0 Å². The molecule has 0 aliphatic carbocycles. The molecule has 35 heavy (non-hydrogen) atoms. The summed E-state index contributed by atoms with van der Waals surface area (Å²) < 4.78 is 10.7. The van der Waals surface area contributed by atoms with Crippen LogP contribution in [-0.4, -0.2) is 48.2 Å². The van der Waals surface area contributed by atoms with Crippen molar-refractivity contribution in [1.29, 1.82) is 0 Å². The standard InChI is InChI=1S/C26H30ClN3O4S/c1-17-19(5-4-6-20(17)27)25(31)28-14-23-24(29-16-35-23)26(32)9-11-30(12-10-26)15-18-7-8-21(33-2)22(13-18)34-3/h4-8,13,16,32H,9-12,14-15H2,1-3H3,(H,28,31). The third-order valence-corrected chi connectivity index (χ3v) is 7.78. The van der Waals surface area contributed by atoms with Crippen molar-refractivity contribution in [3.8, 4) is 11.5 Å². The lowest BCUT2D eigenvalue weighted by atomic mass is 9.87. The molecule has 0 saturated carbocycles. The highest BCUT2D eigenvalue weighted by molar-refractivity contribution is 7.09. The van der Waals surface area contributed by atoms with Crippen molar-refractivity contribution < 1.29 is 19.4 Å². The predicted molar refractivity (Wildman–Crippen MR) is 137 cm³/mol. The third kappa shape index (κ3) is 5.62. The number of nitrogens with zero attached hydrogens (tertiary/aromatic N) is 2. The summed E-state index contributed by atoms with van der Waals surface area (Å²) in [5, 5.41) is 15.0. The summed E-state index contributed by atoms with van der Waals surface area (Å²) >= 11 is 7.60. The number of hydrogen-bond acceptors (Lipinski definition) is 7. The highest BCUT2D eigenvalue weighted by atomic mass is 35.5. The van der Waals surface area contributed by atoms with Gasteiger partial charge < -0.3 is 19.9 Å². The number of aliphatic hydroxyl groups is 1. The molecule has 1 saturated heterocycles. The maximum absolute atomic E-state index is 12.7. The van der Waals surface area contributed by atoms with E-state index in [1.54, 1.807) is 37.9 Å². The minimum absolute atomic E-state index is 0.193. The van der Waals surface area contributed by atoms with E-state index in [0.717, 1.165) is 35.6 Å². The summed E-state index contributed by atoms with van der Waals surface area (Å²) in [6.07, 6.45) is 1.14. The normalized spacial score (nSPS) is 15.6. The van der Waals surface area contributed by atoms with Gasteiger partial charge in [0.05, 0.1) is 32.0 Å². The quantitative estimate of drug-likeness (QED) is 0.458. The van der Waals surface area contributed by atoms with Gasteiger partial charge in [-0.1, -0.05) is 23.7 Å². The van der Waals surface area contributed by atoms with Crippen molar-refractivity contribution in [3.63, 3.8) is 0 Å². The smallest absolute Gasteiger partial charge is 0.251 e. The Balaban J connectivity index is 1.38. The van der Waals surface area contributed by atoms with Gasteiger partial charge in [0.1, 0.15) is 5.60 Å². The lowest BCUT2D eigenvalue weighted by molar-refractivity contribution is -0.0313. The van der Waals surface area contributed by atoms with E-state index in [0.29, 0.717) is 47.2 Å². The number of piperidine rings is 1. The fourth-order valence-electron chi connectivity index (χ4n) is 4.44. The molecule has 0 unspecified atom stereocenters. The fraction of sp³-hybridized carbons (Fsp3) is 0.385. The van der Waals surface area contributed by atoms with Crippen molar-refractivity contribution >= 4 is 28.8 Å². The van der Waals surface area contributed by atoms with Crippen LogP contribution in [0.5, 0.6) is 11.5 Å². The van der Waals surface area contributed by atoms with Crippen LogP contribution < -0.4 is 14.8 Å². The van der Waals surface area contributed by atoms with Crippen molar-refractivity contribution in [1.82, 2.24) is 15.2 Å². The van der Waals surface area contributed by atoms with Crippen LogP contribution >= 0.6 is 22.9 Å². The molecule has 1 aliphatic heterocycles. The summed E-state index contributed by atoms with van der Waals surface area (Å²) in [5.41, 5.74) is 3.80. The van der Waals surface area contributed by atoms with E-state index in [9.17, 15) is 9.90 Å². The molecule has 0 bridgehead atoms. The lowest BCUT2D eigenvalue weighted by Crippen LogP contribution is -2.43. The second-order valence-electron chi connectivity index (χ2n) is 8.72. The topological polar surface area (TPSA) is 83.9 Å². The molecule has 4 rings (SSSR count). The number of methoxy groups -OCH3 is 2. The molecule has 186 valence electrons. The average Bonchev–Trinajstić information content (AvgIpc) is 3.35. The van der Waals surface area contributed by atoms with Crippen LogP contribution in [0.2, 0.25) is 5.02 Å². The first-order valence-corrected chi connectivity index (χ1v) is 12.7. The maximum Gasteiger partial charge on any atom is 0.251 e. The zero-order chi connectivity index (χ0) is 25.0. The van der Waals surface area contributed by atoms with Crippen molar-refractivity contribution in [2.45, 2.75) is 38.5 Å². The minimum Gasteiger partial charge on any atom is -0.493 e. The van der Waals surface area contributed by atoms with E-state index >= 15 is 0 Å². The Kier molecular flexibility index (Phi) is 7.96. The molecule has 2 aromatic carbocycles. The molecule has 3 aromatic rings. The van der Waals surface area contributed by atoms with Gasteiger partial charge in [-0.2, -0.15) is 0 Å². The second kappa shape index (κ2) is 11.0. The number of carbonyl (C=O) groups excluding carboxylic acids is 1. The van der Waals surface area contributed by atoms with Crippen LogP contribution in [0.15, 0.2) is 41.9 Å². The number of amides is 1. The molecule has 1 aliphatic rings. The van der Waals surface area contributed by atoms with E-state index < -0.39 is 5.60 Å². The van der Waals surface area contributed by atoms with Crippen LogP contribution in [0, 0.1) is 6.92 Å². The Morgan fingerprint density at radius 1 is 1.20 bits per heavy atom. The van der Waals surface area contributed by atoms with Crippen LogP contribution in [-0.2, 0) is 18.7 Å². The number of carbonyl (C=O) groups is 1. The van der Waals surface area contributed by atoms with Crippen LogP contribution in [0.25, 0.3) is 0 Å². The molecular weight excluding hydrogens is 486 g/mol. The summed E-state index contributed by atoms with van der Waals surface area (Å²) in [6.45, 7) is 4.36. The molecule has 2 heterocycles. The molecular formula is C26H30ClN3O4S. The van der Waals surface area contributed by atoms with Gasteiger partial charge in [-0.15, -0.1) is 11.3 Å². The van der Waals surface area contributed by atoms with E-state index in [2.05, 4.69) is 15.2 Å². The van der Waals surface area contributed by atoms with Gasteiger partial charge >= 0.3 is 0 Å². The number of likely N-dealkylation sites (tertiary alicyclic amines) is 1. The molecule has 0 radical (unpaired) electrons. The number of benzene rings is 2. The zero-order valence-corrected chi connectivity index (χ0v) is 21.7. The molecule has 0 spiro atoms. The number of rotatable bonds is 8. The van der Waals surface area contributed by atoms with Crippen molar-refractivity contribution in [2.24, 2.45) is 0 Å². The van der Waals surface area contributed by atoms with Gasteiger partial charge in [-0.3, -0.25) is 9.69 Å². The number of halogens is 1. The SMILES string of the molecule is COc1ccc(CN2CCC(O)(c3ncsc3CNC(=O)c3cccc(Cl)c3C)CC2)cc1OC. The van der Waals surface area contributed by atoms with Gasteiger partial charge in [0.2, 0.25) is 0 Å². The van der Waals surface area contributed by atoms with Gasteiger partial charge in [0, 0.05) is 35.1 Å². The first kappa shape index (κ1) is 25.4. The highest BCUT2D eigenvalue weighted by Gasteiger charge is 2.37. The molecule has 1 aromatic heterocycles. The number of nitrogens with one attached hydrogen (secondary N) is 1. The average molecular weight is 516 g/mol. The van der Waals surface area contributed by atoms with Gasteiger partial charge in [-0.25, -0.2) is 4.98 Å². The summed E-state index contributed by atoms with van der Waals surface area (Å²) in [5.74, 6) is 1.22. The largest absolute Gasteiger partial charge is 0.493 e. The van der Waals surface area contributed by atoms with Crippen LogP contribution in [0.3, 0.4) is 0 Å². The molecule has 0 atom stereocenters. The lowest BCUT2D eigenvalue weighted by Gasteiger charge is -2.38. The predicted octanol–water partition coefficient (Wildman–Crippen LogP) is 4.54. The Bertz CT molecular complexity index is 1190. The Morgan fingerprint density at radius 2 is 1.94 bits per heavy atom. The molecule has 9 heteroatoms. The summed E-state index contributed by atoms with van der Waals surface area (Å²) in [4.78, 5) is 20.4. The Labute approximate surface area is 214 Å². The van der Waals surface area contributed by atoms with E-state index in [1.807, 2.05) is 25.1 Å². The maximum atomic E-state index is 12.7. The van der Waals surface area contributed by atoms with Gasteiger partial charge in [0.25, 0.3) is 5.91 Å². The van der Waals surface area contributed by atoms with Crippen molar-refractivity contribution in [3.05, 3.63) is 74.2 Å². The van der Waals surface area contributed by atoms with Gasteiger partial charge in [0.15, 0.2) is 11.5 Å². The monoisotopic (exact) mass is 515 g/mol. The summed E-state index contributed by atoms with van der Waals surface area (Å²) in [6, 6.07) is 11.2. The molecule has 1 amide bonds. The fourth-order valence-corrected chi connectivity index (χ4v) is 5.41. The molecule has 1 fully saturated rings. The van der Waals surface area contributed by atoms with E-state index in [1.165, 1.54) is 11.3 Å². The van der Waals surface area contributed by atoms with Gasteiger partial charge in [-0.05, 0) is 55.2 Å². The van der Waals surface area contributed by atoms with E-state index in [4.69, 9.17) is 21.1 Å². The zero-order valence-electron chi connectivity index (χ0n) is 20.1. The second-order valence-corrected chi connectivity index (χ2v) is 10.1. The Hall–Kier alpha value is -2.65. The minimum atomic E-state index is -1.01. The highest BCUT2D eigenvalue weighted by Crippen LogP contribution is 2.36. The first-order valence-electron chi connectivity index (χ1n) is 11.5. The number of hydrogen-bond donors (Lipinski definition) is 2.